The third-order valence-electron chi connectivity index (χ3n) is 1.92. The second-order valence-electron chi connectivity index (χ2n) is 3.31. The predicted molar refractivity (Wildman–Crippen MR) is 66.6 cm³/mol. The van der Waals surface area contributed by atoms with Crippen molar-refractivity contribution >= 4 is 33.5 Å². The van der Waals surface area contributed by atoms with Gasteiger partial charge in [-0.05, 0) is 35.0 Å². The molecule has 0 aliphatic heterocycles. The maximum Gasteiger partial charge on any atom is 0.159 e. The highest BCUT2D eigenvalue weighted by Crippen LogP contribution is 2.31. The van der Waals surface area contributed by atoms with Crippen molar-refractivity contribution in [2.24, 2.45) is 0 Å². The smallest absolute Gasteiger partial charge is 0.159 e. The van der Waals surface area contributed by atoms with Gasteiger partial charge in [0.1, 0.15) is 0 Å². The van der Waals surface area contributed by atoms with Crippen molar-refractivity contribution < 1.29 is 9.90 Å². The molecule has 2 nitrogen and oxygen atoms in total. The van der Waals surface area contributed by atoms with Gasteiger partial charge in [0, 0.05) is 20.2 Å². The molecule has 0 spiro atoms. The maximum atomic E-state index is 11.1. The molecule has 0 aromatic heterocycles. The zero-order valence-electron chi connectivity index (χ0n) is 8.66. The standard InChI is InChI=1S/C11H13BrO2S/c1-7(6-13)15-11-4-3-9(8(2)14)5-10(11)12/h3-5,7,13H,6H2,1-2H3. The summed E-state index contributed by atoms with van der Waals surface area (Å²) < 4.78 is 0.903. The molecular weight excluding hydrogens is 276 g/mol. The fourth-order valence-corrected chi connectivity index (χ4v) is 2.55. The molecule has 0 fully saturated rings. The van der Waals surface area contributed by atoms with Crippen molar-refractivity contribution in [3.8, 4) is 0 Å². The Hall–Kier alpha value is -0.320. The molecule has 1 aromatic rings. The first-order chi connectivity index (χ1) is 7.04. The van der Waals surface area contributed by atoms with Gasteiger partial charge in [-0.25, -0.2) is 0 Å². The highest BCUT2D eigenvalue weighted by Gasteiger charge is 2.08. The van der Waals surface area contributed by atoms with Gasteiger partial charge in [0.25, 0.3) is 0 Å². The van der Waals surface area contributed by atoms with Crippen molar-refractivity contribution in [3.63, 3.8) is 0 Å². The van der Waals surface area contributed by atoms with Gasteiger partial charge in [-0.15, -0.1) is 11.8 Å². The van der Waals surface area contributed by atoms with Gasteiger partial charge in [0.15, 0.2) is 5.78 Å². The third-order valence-corrected chi connectivity index (χ3v) is 4.00. The van der Waals surface area contributed by atoms with Crippen molar-refractivity contribution in [3.05, 3.63) is 28.2 Å². The lowest BCUT2D eigenvalue weighted by atomic mass is 10.2. The Kier molecular flexibility index (Phi) is 4.83. The molecule has 0 saturated carbocycles. The van der Waals surface area contributed by atoms with E-state index in [2.05, 4.69) is 15.9 Å². The van der Waals surface area contributed by atoms with E-state index in [4.69, 9.17) is 5.11 Å². The first-order valence-corrected chi connectivity index (χ1v) is 6.30. The fraction of sp³-hybridized carbons (Fsp3) is 0.364. The number of hydrogen-bond acceptors (Lipinski definition) is 3. The van der Waals surface area contributed by atoms with Crippen LogP contribution in [0.3, 0.4) is 0 Å². The van der Waals surface area contributed by atoms with Gasteiger partial charge in [-0.3, -0.25) is 4.79 Å². The molecule has 0 amide bonds. The molecule has 1 aromatic carbocycles. The summed E-state index contributed by atoms with van der Waals surface area (Å²) in [6.07, 6.45) is 0. The van der Waals surface area contributed by atoms with Crippen LogP contribution < -0.4 is 0 Å². The van der Waals surface area contributed by atoms with E-state index < -0.39 is 0 Å². The lowest BCUT2D eigenvalue weighted by molar-refractivity contribution is 0.101. The van der Waals surface area contributed by atoms with Crippen LogP contribution in [0.5, 0.6) is 0 Å². The number of benzene rings is 1. The second kappa shape index (κ2) is 5.68. The Morgan fingerprint density at radius 3 is 2.73 bits per heavy atom. The molecule has 15 heavy (non-hydrogen) atoms. The van der Waals surface area contributed by atoms with Crippen LogP contribution in [0.1, 0.15) is 24.2 Å². The number of halogens is 1. The molecule has 0 heterocycles. The summed E-state index contributed by atoms with van der Waals surface area (Å²) >= 11 is 5.00. The van der Waals surface area contributed by atoms with Crippen LogP contribution in [0.25, 0.3) is 0 Å². The minimum absolute atomic E-state index is 0.0578. The van der Waals surface area contributed by atoms with E-state index in [9.17, 15) is 4.79 Å². The maximum absolute atomic E-state index is 11.1. The van der Waals surface area contributed by atoms with Crippen molar-refractivity contribution in [1.29, 1.82) is 0 Å². The summed E-state index contributed by atoms with van der Waals surface area (Å²) in [5, 5.41) is 9.10. The molecule has 0 saturated heterocycles. The first kappa shape index (κ1) is 12.7. The predicted octanol–water partition coefficient (Wildman–Crippen LogP) is 3.12. The molecule has 4 heteroatoms. The van der Waals surface area contributed by atoms with E-state index in [0.29, 0.717) is 5.56 Å². The molecule has 0 radical (unpaired) electrons. The molecular formula is C11H13BrO2S. The number of aliphatic hydroxyl groups excluding tert-OH is 1. The van der Waals surface area contributed by atoms with Crippen LogP contribution in [0.2, 0.25) is 0 Å². The molecule has 1 rings (SSSR count). The summed E-state index contributed by atoms with van der Waals surface area (Å²) in [6.45, 7) is 3.65. The minimum Gasteiger partial charge on any atom is -0.395 e. The molecule has 0 bridgehead atoms. The third kappa shape index (κ3) is 3.63. The van der Waals surface area contributed by atoms with Gasteiger partial charge < -0.3 is 5.11 Å². The van der Waals surface area contributed by atoms with E-state index in [-0.39, 0.29) is 17.6 Å². The van der Waals surface area contributed by atoms with Gasteiger partial charge >= 0.3 is 0 Å². The Morgan fingerprint density at radius 1 is 1.60 bits per heavy atom. The first-order valence-electron chi connectivity index (χ1n) is 4.62. The number of ketones is 1. The zero-order chi connectivity index (χ0) is 11.4. The van der Waals surface area contributed by atoms with Crippen molar-refractivity contribution in [1.82, 2.24) is 0 Å². The molecule has 1 unspecified atom stereocenters. The Morgan fingerprint density at radius 2 is 2.27 bits per heavy atom. The van der Waals surface area contributed by atoms with Crippen LogP contribution in [0, 0.1) is 0 Å². The topological polar surface area (TPSA) is 37.3 Å². The summed E-state index contributed by atoms with van der Waals surface area (Å²) in [7, 11) is 0. The average Bonchev–Trinajstić information content (AvgIpc) is 2.20. The quantitative estimate of drug-likeness (QED) is 0.683. The molecule has 82 valence electrons. The van der Waals surface area contributed by atoms with E-state index >= 15 is 0 Å². The second-order valence-corrected chi connectivity index (χ2v) is 5.65. The lowest BCUT2D eigenvalue weighted by Gasteiger charge is -2.09. The minimum atomic E-state index is 0.0578. The number of rotatable bonds is 4. The van der Waals surface area contributed by atoms with Gasteiger partial charge in [0.05, 0.1) is 6.61 Å². The van der Waals surface area contributed by atoms with Gasteiger partial charge in [-0.1, -0.05) is 13.0 Å². The monoisotopic (exact) mass is 288 g/mol. The summed E-state index contributed by atoms with van der Waals surface area (Å²) in [6, 6.07) is 5.52. The fourth-order valence-electron chi connectivity index (χ4n) is 1.07. The average molecular weight is 289 g/mol. The van der Waals surface area contributed by atoms with Crippen LogP contribution in [0.15, 0.2) is 27.6 Å². The Bertz CT molecular complexity index is 366. The molecule has 0 aliphatic rings. The summed E-state index contributed by atoms with van der Waals surface area (Å²) in [5.41, 5.74) is 0.697. The van der Waals surface area contributed by atoms with Gasteiger partial charge in [0.2, 0.25) is 0 Å². The van der Waals surface area contributed by atoms with E-state index in [1.807, 2.05) is 19.1 Å². The normalized spacial score (nSPS) is 12.5. The lowest BCUT2D eigenvalue weighted by Crippen LogP contribution is -2.02. The highest BCUT2D eigenvalue weighted by atomic mass is 79.9. The van der Waals surface area contributed by atoms with Crippen LogP contribution in [-0.2, 0) is 0 Å². The number of carbonyl (C=O) groups excluding carboxylic acids is 1. The van der Waals surface area contributed by atoms with E-state index in [0.717, 1.165) is 9.37 Å². The van der Waals surface area contributed by atoms with Crippen LogP contribution in [-0.4, -0.2) is 22.7 Å². The van der Waals surface area contributed by atoms with Crippen molar-refractivity contribution in [2.75, 3.05) is 6.61 Å². The van der Waals surface area contributed by atoms with Crippen LogP contribution >= 0.6 is 27.7 Å². The number of hydrogen-bond donors (Lipinski definition) is 1. The van der Waals surface area contributed by atoms with E-state index in [1.54, 1.807) is 24.8 Å². The Labute approximate surface area is 102 Å². The molecule has 0 aliphatic carbocycles. The SMILES string of the molecule is CC(=O)c1ccc(SC(C)CO)c(Br)c1. The number of thioether (sulfide) groups is 1. The zero-order valence-corrected chi connectivity index (χ0v) is 11.1. The van der Waals surface area contributed by atoms with Crippen molar-refractivity contribution in [2.45, 2.75) is 24.0 Å². The van der Waals surface area contributed by atoms with Gasteiger partial charge in [-0.2, -0.15) is 0 Å². The van der Waals surface area contributed by atoms with Crippen LogP contribution in [0.4, 0.5) is 0 Å². The molecule has 1 N–H and O–H groups in total. The highest BCUT2D eigenvalue weighted by molar-refractivity contribution is 9.10. The summed E-state index contributed by atoms with van der Waals surface area (Å²) in [4.78, 5) is 12.2. The largest absolute Gasteiger partial charge is 0.395 e. The molecule has 1 atom stereocenters. The van der Waals surface area contributed by atoms with E-state index in [1.165, 1.54) is 0 Å². The summed E-state index contributed by atoms with van der Waals surface area (Å²) in [5.74, 6) is 0.0578. The number of Topliss-reactive ketones (excluding diaryl/α,β-unsaturated/α-hetero) is 1. The number of aliphatic hydroxyl groups is 1. The Balaban J connectivity index is 2.88. The number of carbonyl (C=O) groups is 1.